The summed E-state index contributed by atoms with van der Waals surface area (Å²) in [4.78, 5) is 10.9. The van der Waals surface area contributed by atoms with Crippen molar-refractivity contribution in [3.63, 3.8) is 0 Å². The minimum absolute atomic E-state index is 0.114. The van der Waals surface area contributed by atoms with Crippen LogP contribution in [0.15, 0.2) is 24.3 Å². The van der Waals surface area contributed by atoms with E-state index in [0.717, 1.165) is 12.3 Å². The first-order valence-electron chi connectivity index (χ1n) is 6.94. The zero-order valence-electron chi connectivity index (χ0n) is 12.9. The fourth-order valence-corrected chi connectivity index (χ4v) is 1.58. The maximum atomic E-state index is 10.9. The number of benzene rings is 1. The normalized spacial score (nSPS) is 11.2. The summed E-state index contributed by atoms with van der Waals surface area (Å²) in [7, 11) is 1.40. The van der Waals surface area contributed by atoms with E-state index in [9.17, 15) is 4.79 Å². The average Bonchev–Trinajstić information content (AvgIpc) is 2.41. The summed E-state index contributed by atoms with van der Waals surface area (Å²) in [5, 5.41) is 3.44. The Hall–Kier alpha value is -1.55. The van der Waals surface area contributed by atoms with Crippen molar-refractivity contribution in [2.24, 2.45) is 0 Å². The molecule has 0 bridgehead atoms. The van der Waals surface area contributed by atoms with E-state index in [-0.39, 0.29) is 11.5 Å². The zero-order valence-corrected chi connectivity index (χ0v) is 12.9. The van der Waals surface area contributed by atoms with Gasteiger partial charge in [0, 0.05) is 18.5 Å². The summed E-state index contributed by atoms with van der Waals surface area (Å²) in [6, 6.07) is 8.01. The van der Waals surface area contributed by atoms with Crippen molar-refractivity contribution < 1.29 is 14.3 Å². The molecule has 0 unspecified atom stereocenters. The van der Waals surface area contributed by atoms with Crippen LogP contribution in [0.2, 0.25) is 0 Å². The van der Waals surface area contributed by atoms with Gasteiger partial charge in [-0.25, -0.2) is 0 Å². The van der Waals surface area contributed by atoms with E-state index in [1.807, 2.05) is 24.3 Å². The van der Waals surface area contributed by atoms with Crippen LogP contribution in [0.25, 0.3) is 0 Å². The van der Waals surface area contributed by atoms with Crippen molar-refractivity contribution in [2.45, 2.75) is 45.7 Å². The number of esters is 1. The summed E-state index contributed by atoms with van der Waals surface area (Å²) < 4.78 is 10.1. The Kier molecular flexibility index (Phi) is 6.52. The lowest BCUT2D eigenvalue weighted by Gasteiger charge is -2.20. The highest BCUT2D eigenvalue weighted by Gasteiger charge is 2.08. The molecular formula is C16H25NO3. The van der Waals surface area contributed by atoms with Crippen LogP contribution >= 0.6 is 0 Å². The van der Waals surface area contributed by atoms with Gasteiger partial charge in [-0.05, 0) is 44.9 Å². The topological polar surface area (TPSA) is 47.6 Å². The molecule has 4 nitrogen and oxygen atoms in total. The molecule has 1 rings (SSSR count). The molecule has 0 saturated heterocycles. The third-order valence-electron chi connectivity index (χ3n) is 2.77. The molecule has 1 N–H and O–H groups in total. The highest BCUT2D eigenvalue weighted by molar-refractivity contribution is 5.69. The lowest BCUT2D eigenvalue weighted by atomic mass is 10.1. The first-order valence-corrected chi connectivity index (χ1v) is 6.94. The number of methoxy groups -OCH3 is 1. The van der Waals surface area contributed by atoms with Crippen LogP contribution in [0, 0.1) is 0 Å². The number of ether oxygens (including phenoxy) is 2. The van der Waals surface area contributed by atoms with Gasteiger partial charge in [0.05, 0.1) is 13.7 Å². The van der Waals surface area contributed by atoms with E-state index < -0.39 is 0 Å². The van der Waals surface area contributed by atoms with Gasteiger partial charge in [0.1, 0.15) is 5.75 Å². The minimum Gasteiger partial charge on any atom is -0.494 e. The van der Waals surface area contributed by atoms with Gasteiger partial charge in [-0.15, -0.1) is 0 Å². The van der Waals surface area contributed by atoms with Crippen molar-refractivity contribution >= 4 is 5.97 Å². The van der Waals surface area contributed by atoms with Gasteiger partial charge in [-0.2, -0.15) is 0 Å². The lowest BCUT2D eigenvalue weighted by molar-refractivity contribution is -0.140. The molecular weight excluding hydrogens is 254 g/mol. The molecule has 0 aromatic heterocycles. The summed E-state index contributed by atoms with van der Waals surface area (Å²) in [5.41, 5.74) is 1.34. The SMILES string of the molecule is COC(=O)CCCOc1ccc(CNC(C)(C)C)cc1. The van der Waals surface area contributed by atoms with Crippen LogP contribution in [0.5, 0.6) is 5.75 Å². The predicted molar refractivity (Wildman–Crippen MR) is 79.8 cm³/mol. The summed E-state index contributed by atoms with van der Waals surface area (Å²) in [6.45, 7) is 7.80. The fraction of sp³-hybridized carbons (Fsp3) is 0.562. The first kappa shape index (κ1) is 16.5. The average molecular weight is 279 g/mol. The van der Waals surface area contributed by atoms with E-state index in [2.05, 4.69) is 30.8 Å². The van der Waals surface area contributed by atoms with E-state index in [4.69, 9.17) is 4.74 Å². The first-order chi connectivity index (χ1) is 9.40. The molecule has 1 aromatic carbocycles. The molecule has 0 aliphatic rings. The fourth-order valence-electron chi connectivity index (χ4n) is 1.58. The third-order valence-corrected chi connectivity index (χ3v) is 2.77. The van der Waals surface area contributed by atoms with Crippen LogP contribution in [-0.2, 0) is 16.1 Å². The van der Waals surface area contributed by atoms with Gasteiger partial charge in [0.15, 0.2) is 0 Å². The van der Waals surface area contributed by atoms with Crippen LogP contribution < -0.4 is 10.1 Å². The Morgan fingerprint density at radius 1 is 1.20 bits per heavy atom. The van der Waals surface area contributed by atoms with Gasteiger partial charge >= 0.3 is 5.97 Å². The van der Waals surface area contributed by atoms with Crippen molar-refractivity contribution in [3.05, 3.63) is 29.8 Å². The smallest absolute Gasteiger partial charge is 0.305 e. The van der Waals surface area contributed by atoms with E-state index >= 15 is 0 Å². The molecule has 0 amide bonds. The number of nitrogens with one attached hydrogen (secondary N) is 1. The highest BCUT2D eigenvalue weighted by atomic mass is 16.5. The molecule has 4 heteroatoms. The van der Waals surface area contributed by atoms with Gasteiger partial charge in [-0.1, -0.05) is 12.1 Å². The van der Waals surface area contributed by atoms with Gasteiger partial charge in [0.25, 0.3) is 0 Å². The Balaban J connectivity index is 2.30. The van der Waals surface area contributed by atoms with Crippen molar-refractivity contribution in [3.8, 4) is 5.75 Å². The zero-order chi connectivity index (χ0) is 15.0. The second-order valence-electron chi connectivity index (χ2n) is 5.78. The largest absolute Gasteiger partial charge is 0.494 e. The number of hydrogen-bond donors (Lipinski definition) is 1. The summed E-state index contributed by atoms with van der Waals surface area (Å²) in [6.07, 6.45) is 1.06. The molecule has 0 aliphatic heterocycles. The maximum absolute atomic E-state index is 10.9. The third kappa shape index (κ3) is 7.14. The van der Waals surface area contributed by atoms with Crippen molar-refractivity contribution in [1.29, 1.82) is 0 Å². The summed E-state index contributed by atoms with van der Waals surface area (Å²) >= 11 is 0. The van der Waals surface area contributed by atoms with E-state index in [0.29, 0.717) is 19.4 Å². The highest BCUT2D eigenvalue weighted by Crippen LogP contribution is 2.13. The molecule has 0 spiro atoms. The molecule has 0 aliphatic carbocycles. The van der Waals surface area contributed by atoms with Gasteiger partial charge in [-0.3, -0.25) is 4.79 Å². The number of carbonyl (C=O) groups excluding carboxylic acids is 1. The van der Waals surface area contributed by atoms with Crippen LogP contribution in [0.3, 0.4) is 0 Å². The van der Waals surface area contributed by atoms with Crippen molar-refractivity contribution in [2.75, 3.05) is 13.7 Å². The Labute approximate surface area is 121 Å². The monoisotopic (exact) mass is 279 g/mol. The molecule has 0 heterocycles. The standard InChI is InChI=1S/C16H25NO3/c1-16(2,3)17-12-13-7-9-14(10-8-13)20-11-5-6-15(18)19-4/h7-10,17H,5-6,11-12H2,1-4H3. The van der Waals surface area contributed by atoms with Crippen LogP contribution in [-0.4, -0.2) is 25.2 Å². The van der Waals surface area contributed by atoms with Gasteiger partial charge < -0.3 is 14.8 Å². The van der Waals surface area contributed by atoms with Crippen LogP contribution in [0.1, 0.15) is 39.2 Å². The Morgan fingerprint density at radius 2 is 1.85 bits per heavy atom. The van der Waals surface area contributed by atoms with E-state index in [1.54, 1.807) is 0 Å². The lowest BCUT2D eigenvalue weighted by Crippen LogP contribution is -2.35. The molecule has 112 valence electrons. The molecule has 0 radical (unpaired) electrons. The van der Waals surface area contributed by atoms with Crippen LogP contribution in [0.4, 0.5) is 0 Å². The number of rotatable bonds is 7. The molecule has 0 fully saturated rings. The quantitative estimate of drug-likeness (QED) is 0.616. The minimum atomic E-state index is -0.197. The predicted octanol–water partition coefficient (Wildman–Crippen LogP) is 2.91. The second kappa shape index (κ2) is 7.90. The second-order valence-corrected chi connectivity index (χ2v) is 5.78. The molecule has 20 heavy (non-hydrogen) atoms. The van der Waals surface area contributed by atoms with Crippen molar-refractivity contribution in [1.82, 2.24) is 5.32 Å². The van der Waals surface area contributed by atoms with Gasteiger partial charge in [0.2, 0.25) is 0 Å². The number of carbonyl (C=O) groups is 1. The molecule has 0 atom stereocenters. The maximum Gasteiger partial charge on any atom is 0.305 e. The summed E-state index contributed by atoms with van der Waals surface area (Å²) in [5.74, 6) is 0.631. The Bertz CT molecular complexity index is 407. The van der Waals surface area contributed by atoms with E-state index in [1.165, 1.54) is 12.7 Å². The molecule has 1 aromatic rings. The number of hydrogen-bond acceptors (Lipinski definition) is 4. The molecule has 0 saturated carbocycles. The Morgan fingerprint density at radius 3 is 2.40 bits per heavy atom.